The van der Waals surface area contributed by atoms with Crippen molar-refractivity contribution in [3.05, 3.63) is 55.7 Å². The Kier molecular flexibility index (Phi) is 3.78. The van der Waals surface area contributed by atoms with E-state index in [0.717, 1.165) is 24.5 Å². The average molecular weight is 325 g/mol. The fraction of sp³-hybridized carbons (Fsp3) is 0.143. The van der Waals surface area contributed by atoms with E-state index >= 15 is 0 Å². The fourth-order valence-electron chi connectivity index (χ4n) is 2.02. The van der Waals surface area contributed by atoms with E-state index in [1.807, 2.05) is 11.4 Å². The lowest BCUT2D eigenvalue weighted by Gasteiger charge is -2.05. The van der Waals surface area contributed by atoms with Crippen LogP contribution in [0, 0.1) is 0 Å². The van der Waals surface area contributed by atoms with Gasteiger partial charge in [0.15, 0.2) is 0 Å². The van der Waals surface area contributed by atoms with Crippen LogP contribution in [0.5, 0.6) is 0 Å². The minimum Gasteiger partial charge on any atom is -0.368 e. The zero-order chi connectivity index (χ0) is 14.1. The number of benzene rings is 1. The lowest BCUT2D eigenvalue weighted by atomic mass is 10.1. The number of thiophene rings is 1. The molecule has 1 aliphatic heterocycles. The SMILES string of the molecule is O=C(c1ccc(Cl)c(Cl)c1)c1sccc1C1=NCCN1. The number of aliphatic imine (C=N–C) groups is 1. The van der Waals surface area contributed by atoms with Crippen molar-refractivity contribution in [1.29, 1.82) is 0 Å². The van der Waals surface area contributed by atoms with Crippen molar-refractivity contribution in [2.45, 2.75) is 0 Å². The quantitative estimate of drug-likeness (QED) is 0.876. The first-order valence-corrected chi connectivity index (χ1v) is 7.66. The molecule has 0 fully saturated rings. The Balaban J connectivity index is 1.98. The molecule has 0 radical (unpaired) electrons. The van der Waals surface area contributed by atoms with Crippen LogP contribution in [0.2, 0.25) is 10.0 Å². The molecule has 0 aliphatic carbocycles. The summed E-state index contributed by atoms with van der Waals surface area (Å²) in [5.74, 6) is 0.722. The van der Waals surface area contributed by atoms with Gasteiger partial charge in [0.1, 0.15) is 5.84 Å². The molecule has 0 atom stereocenters. The monoisotopic (exact) mass is 324 g/mol. The Morgan fingerprint density at radius 1 is 1.25 bits per heavy atom. The predicted molar refractivity (Wildman–Crippen MR) is 83.6 cm³/mol. The van der Waals surface area contributed by atoms with Crippen LogP contribution in [-0.2, 0) is 0 Å². The number of nitrogens with one attached hydrogen (secondary N) is 1. The molecule has 0 saturated carbocycles. The second-order valence-electron chi connectivity index (χ2n) is 4.28. The number of ketones is 1. The zero-order valence-corrected chi connectivity index (χ0v) is 12.6. The molecule has 2 aromatic rings. The zero-order valence-electron chi connectivity index (χ0n) is 10.3. The minimum atomic E-state index is -0.0648. The lowest BCUT2D eigenvalue weighted by molar-refractivity contribution is 0.104. The van der Waals surface area contributed by atoms with Gasteiger partial charge >= 0.3 is 0 Å². The van der Waals surface area contributed by atoms with Crippen molar-refractivity contribution in [1.82, 2.24) is 5.32 Å². The van der Waals surface area contributed by atoms with Gasteiger partial charge in [-0.05, 0) is 29.6 Å². The van der Waals surface area contributed by atoms with Crippen molar-refractivity contribution in [2.75, 3.05) is 13.1 Å². The van der Waals surface area contributed by atoms with E-state index in [0.29, 0.717) is 20.5 Å². The van der Waals surface area contributed by atoms with Crippen LogP contribution in [0.25, 0.3) is 0 Å². The Hall–Kier alpha value is -1.36. The van der Waals surface area contributed by atoms with Crippen molar-refractivity contribution in [3.8, 4) is 0 Å². The molecule has 0 amide bonds. The van der Waals surface area contributed by atoms with E-state index in [1.165, 1.54) is 11.3 Å². The summed E-state index contributed by atoms with van der Waals surface area (Å²) < 4.78 is 0. The largest absolute Gasteiger partial charge is 0.368 e. The summed E-state index contributed by atoms with van der Waals surface area (Å²) in [5.41, 5.74) is 1.38. The molecule has 1 aromatic heterocycles. The molecule has 102 valence electrons. The molecule has 6 heteroatoms. The molecule has 0 saturated heterocycles. The standard InChI is InChI=1S/C14H10Cl2N2OS/c15-10-2-1-8(7-11(10)16)12(19)13-9(3-6-20-13)14-17-4-5-18-14/h1-3,6-7H,4-5H2,(H,17,18). The van der Waals surface area contributed by atoms with Crippen molar-refractivity contribution in [2.24, 2.45) is 4.99 Å². The third-order valence-corrected chi connectivity index (χ3v) is 4.63. The maximum Gasteiger partial charge on any atom is 0.203 e. The molecule has 0 unspecified atom stereocenters. The van der Waals surface area contributed by atoms with Gasteiger partial charge in [-0.3, -0.25) is 9.79 Å². The van der Waals surface area contributed by atoms with Gasteiger partial charge in [-0.25, -0.2) is 0 Å². The molecule has 2 heterocycles. The van der Waals surface area contributed by atoms with Gasteiger partial charge in [-0.1, -0.05) is 23.2 Å². The van der Waals surface area contributed by atoms with E-state index < -0.39 is 0 Å². The lowest BCUT2D eigenvalue weighted by Crippen LogP contribution is -2.21. The Labute approximate surface area is 130 Å². The van der Waals surface area contributed by atoms with Gasteiger partial charge in [-0.15, -0.1) is 11.3 Å². The number of hydrogen-bond acceptors (Lipinski definition) is 4. The third-order valence-electron chi connectivity index (χ3n) is 2.98. The third kappa shape index (κ3) is 2.46. The highest BCUT2D eigenvalue weighted by Gasteiger charge is 2.20. The summed E-state index contributed by atoms with van der Waals surface area (Å²) in [6.07, 6.45) is 0. The first kappa shape index (κ1) is 13.6. The summed E-state index contributed by atoms with van der Waals surface area (Å²) in [7, 11) is 0. The molecule has 3 rings (SSSR count). The van der Waals surface area contributed by atoms with Gasteiger partial charge in [0.05, 0.1) is 21.5 Å². The molecule has 1 aromatic carbocycles. The highest BCUT2D eigenvalue weighted by atomic mass is 35.5. The number of amidine groups is 1. The maximum atomic E-state index is 12.6. The molecule has 3 nitrogen and oxygen atoms in total. The number of carbonyl (C=O) groups is 1. The Bertz CT molecular complexity index is 709. The highest BCUT2D eigenvalue weighted by Crippen LogP contribution is 2.26. The average Bonchev–Trinajstić information content (AvgIpc) is 3.10. The highest BCUT2D eigenvalue weighted by molar-refractivity contribution is 7.12. The minimum absolute atomic E-state index is 0.0648. The molecule has 1 N–H and O–H groups in total. The van der Waals surface area contributed by atoms with Crippen LogP contribution in [0.15, 0.2) is 34.6 Å². The Morgan fingerprint density at radius 3 is 2.80 bits per heavy atom. The number of nitrogens with zero attached hydrogens (tertiary/aromatic N) is 1. The summed E-state index contributed by atoms with van der Waals surface area (Å²) in [4.78, 5) is 17.6. The second-order valence-corrected chi connectivity index (χ2v) is 6.01. The fourth-order valence-corrected chi connectivity index (χ4v) is 3.17. The van der Waals surface area contributed by atoms with Gasteiger partial charge < -0.3 is 5.32 Å². The van der Waals surface area contributed by atoms with Crippen molar-refractivity contribution >= 4 is 46.2 Å². The maximum absolute atomic E-state index is 12.6. The van der Waals surface area contributed by atoms with Gasteiger partial charge in [-0.2, -0.15) is 0 Å². The van der Waals surface area contributed by atoms with E-state index in [4.69, 9.17) is 23.2 Å². The van der Waals surface area contributed by atoms with Crippen LogP contribution in [-0.4, -0.2) is 24.7 Å². The van der Waals surface area contributed by atoms with Crippen LogP contribution < -0.4 is 5.32 Å². The Morgan fingerprint density at radius 2 is 2.10 bits per heavy atom. The van der Waals surface area contributed by atoms with Crippen LogP contribution in [0.3, 0.4) is 0 Å². The number of halogens is 2. The number of rotatable bonds is 3. The van der Waals surface area contributed by atoms with E-state index in [1.54, 1.807) is 18.2 Å². The first-order chi connectivity index (χ1) is 9.66. The summed E-state index contributed by atoms with van der Waals surface area (Å²) in [6, 6.07) is 6.83. The molecule has 0 bridgehead atoms. The molecular formula is C14H10Cl2N2OS. The molecule has 20 heavy (non-hydrogen) atoms. The second kappa shape index (κ2) is 5.56. The smallest absolute Gasteiger partial charge is 0.203 e. The van der Waals surface area contributed by atoms with Gasteiger partial charge in [0.2, 0.25) is 5.78 Å². The summed E-state index contributed by atoms with van der Waals surface area (Å²) in [5, 5.41) is 5.90. The van der Waals surface area contributed by atoms with E-state index in [2.05, 4.69) is 10.3 Å². The van der Waals surface area contributed by atoms with Gasteiger partial charge in [0, 0.05) is 17.7 Å². The summed E-state index contributed by atoms with van der Waals surface area (Å²) >= 11 is 13.2. The molecule has 1 aliphatic rings. The summed E-state index contributed by atoms with van der Waals surface area (Å²) in [6.45, 7) is 1.55. The number of hydrogen-bond donors (Lipinski definition) is 1. The van der Waals surface area contributed by atoms with Crippen molar-refractivity contribution in [3.63, 3.8) is 0 Å². The predicted octanol–water partition coefficient (Wildman–Crippen LogP) is 3.64. The van der Waals surface area contributed by atoms with Gasteiger partial charge in [0.25, 0.3) is 0 Å². The van der Waals surface area contributed by atoms with Crippen molar-refractivity contribution < 1.29 is 4.79 Å². The van der Waals surface area contributed by atoms with Crippen LogP contribution >= 0.6 is 34.5 Å². The molecule has 0 spiro atoms. The first-order valence-electron chi connectivity index (χ1n) is 6.03. The van der Waals surface area contributed by atoms with Crippen LogP contribution in [0.4, 0.5) is 0 Å². The normalized spacial score (nSPS) is 14.0. The van der Waals surface area contributed by atoms with E-state index in [9.17, 15) is 4.79 Å². The molecular weight excluding hydrogens is 315 g/mol. The van der Waals surface area contributed by atoms with Crippen LogP contribution in [0.1, 0.15) is 20.8 Å². The topological polar surface area (TPSA) is 41.5 Å². The number of carbonyl (C=O) groups excluding carboxylic acids is 1. The van der Waals surface area contributed by atoms with E-state index in [-0.39, 0.29) is 5.78 Å².